The Morgan fingerprint density at radius 3 is 2.87 bits per heavy atom. The van der Waals surface area contributed by atoms with Crippen LogP contribution in [-0.4, -0.2) is 22.3 Å². The lowest BCUT2D eigenvalue weighted by atomic mass is 10.1. The van der Waals surface area contributed by atoms with Gasteiger partial charge in [0.15, 0.2) is 22.2 Å². The van der Waals surface area contributed by atoms with E-state index in [4.69, 9.17) is 9.47 Å². The lowest BCUT2D eigenvalue weighted by Gasteiger charge is -2.11. The van der Waals surface area contributed by atoms with E-state index >= 15 is 0 Å². The molecule has 0 aliphatic heterocycles. The molecule has 1 aromatic carbocycles. The van der Waals surface area contributed by atoms with Gasteiger partial charge >= 0.3 is 0 Å². The SMILES string of the molecule is COc1cc(C(C)=O)ccc1OCc1cc(=O)n2ccsc2n1. The Morgan fingerprint density at radius 1 is 1.30 bits per heavy atom. The minimum atomic E-state index is -0.145. The molecule has 2 heterocycles. The molecule has 0 aliphatic rings. The highest BCUT2D eigenvalue weighted by molar-refractivity contribution is 7.15. The van der Waals surface area contributed by atoms with Gasteiger partial charge in [-0.15, -0.1) is 11.3 Å². The molecule has 7 heteroatoms. The van der Waals surface area contributed by atoms with Crippen LogP contribution in [0.25, 0.3) is 4.96 Å². The van der Waals surface area contributed by atoms with E-state index in [1.165, 1.54) is 35.8 Å². The molecule has 0 fully saturated rings. The molecular formula is C16H14N2O4S. The second-order valence-electron chi connectivity index (χ2n) is 4.85. The molecule has 6 nitrogen and oxygen atoms in total. The maximum Gasteiger partial charge on any atom is 0.258 e. The Balaban J connectivity index is 1.84. The van der Waals surface area contributed by atoms with Crippen LogP contribution in [0.4, 0.5) is 0 Å². The van der Waals surface area contributed by atoms with Crippen molar-refractivity contribution in [3.05, 3.63) is 57.5 Å². The van der Waals surface area contributed by atoms with Gasteiger partial charge in [0.25, 0.3) is 5.56 Å². The highest BCUT2D eigenvalue weighted by Gasteiger charge is 2.10. The van der Waals surface area contributed by atoms with Crippen LogP contribution < -0.4 is 15.0 Å². The summed E-state index contributed by atoms with van der Waals surface area (Å²) in [5.74, 6) is 0.907. The van der Waals surface area contributed by atoms with Crippen molar-refractivity contribution in [2.24, 2.45) is 0 Å². The number of ether oxygens (including phenoxy) is 2. The maximum absolute atomic E-state index is 11.9. The van der Waals surface area contributed by atoms with Gasteiger partial charge in [-0.05, 0) is 25.1 Å². The highest BCUT2D eigenvalue weighted by Crippen LogP contribution is 2.28. The molecule has 0 aliphatic carbocycles. The molecule has 0 atom stereocenters. The van der Waals surface area contributed by atoms with Crippen LogP contribution in [0, 0.1) is 0 Å². The van der Waals surface area contributed by atoms with Crippen molar-refractivity contribution in [2.75, 3.05) is 7.11 Å². The van der Waals surface area contributed by atoms with Crippen LogP contribution in [-0.2, 0) is 6.61 Å². The highest BCUT2D eigenvalue weighted by atomic mass is 32.1. The normalized spacial score (nSPS) is 10.7. The van der Waals surface area contributed by atoms with Crippen molar-refractivity contribution in [3.63, 3.8) is 0 Å². The molecule has 0 saturated heterocycles. The first-order valence-electron chi connectivity index (χ1n) is 6.86. The lowest BCUT2D eigenvalue weighted by molar-refractivity contribution is 0.101. The number of carbonyl (C=O) groups is 1. The van der Waals surface area contributed by atoms with E-state index < -0.39 is 0 Å². The Kier molecular flexibility index (Phi) is 4.12. The number of hydrogen-bond acceptors (Lipinski definition) is 6. The number of fused-ring (bicyclic) bond motifs is 1. The summed E-state index contributed by atoms with van der Waals surface area (Å²) in [5.41, 5.74) is 0.939. The molecule has 3 aromatic rings. The summed E-state index contributed by atoms with van der Waals surface area (Å²) in [7, 11) is 1.51. The van der Waals surface area contributed by atoms with Crippen molar-refractivity contribution < 1.29 is 14.3 Å². The van der Waals surface area contributed by atoms with Crippen LogP contribution >= 0.6 is 11.3 Å². The van der Waals surface area contributed by atoms with E-state index in [0.717, 1.165) is 0 Å². The number of benzene rings is 1. The molecule has 0 saturated carbocycles. The lowest BCUT2D eigenvalue weighted by Crippen LogP contribution is -2.14. The van der Waals surface area contributed by atoms with Gasteiger partial charge < -0.3 is 9.47 Å². The zero-order chi connectivity index (χ0) is 16.4. The quantitative estimate of drug-likeness (QED) is 0.672. The number of Topliss-reactive ketones (excluding diaryl/α,β-unsaturated/α-hetero) is 1. The van der Waals surface area contributed by atoms with Gasteiger partial charge in [0, 0.05) is 23.2 Å². The summed E-state index contributed by atoms with van der Waals surface area (Å²) in [6.07, 6.45) is 1.68. The van der Waals surface area contributed by atoms with Crippen LogP contribution in [0.15, 0.2) is 40.6 Å². The van der Waals surface area contributed by atoms with Crippen molar-refractivity contribution >= 4 is 22.1 Å². The molecule has 0 amide bonds. The minimum Gasteiger partial charge on any atom is -0.493 e. The number of hydrogen-bond donors (Lipinski definition) is 0. The Hall–Kier alpha value is -2.67. The monoisotopic (exact) mass is 330 g/mol. The van der Waals surface area contributed by atoms with Crippen molar-refractivity contribution in [1.29, 1.82) is 0 Å². The number of aromatic nitrogens is 2. The molecule has 2 aromatic heterocycles. The third-order valence-corrected chi connectivity index (χ3v) is 4.06. The molecular weight excluding hydrogens is 316 g/mol. The van der Waals surface area contributed by atoms with Crippen molar-refractivity contribution in [2.45, 2.75) is 13.5 Å². The van der Waals surface area contributed by atoms with Crippen LogP contribution in [0.1, 0.15) is 23.0 Å². The van der Waals surface area contributed by atoms with Crippen LogP contribution in [0.2, 0.25) is 0 Å². The maximum atomic E-state index is 11.9. The summed E-state index contributed by atoms with van der Waals surface area (Å²) >= 11 is 1.38. The first-order chi connectivity index (χ1) is 11.1. The fourth-order valence-electron chi connectivity index (χ4n) is 2.12. The minimum absolute atomic E-state index is 0.0484. The number of carbonyl (C=O) groups excluding carboxylic acids is 1. The molecule has 0 bridgehead atoms. The Bertz CT molecular complexity index is 929. The number of thiazole rings is 1. The summed E-state index contributed by atoms with van der Waals surface area (Å²) in [6, 6.07) is 6.41. The summed E-state index contributed by atoms with van der Waals surface area (Å²) < 4.78 is 12.4. The fraction of sp³-hybridized carbons (Fsp3) is 0.188. The van der Waals surface area contributed by atoms with Gasteiger partial charge in [-0.1, -0.05) is 0 Å². The number of nitrogens with zero attached hydrogens (tertiary/aromatic N) is 2. The van der Waals surface area contributed by atoms with Gasteiger partial charge in [0.05, 0.1) is 12.8 Å². The average Bonchev–Trinajstić information content (AvgIpc) is 3.01. The molecule has 23 heavy (non-hydrogen) atoms. The number of rotatable bonds is 5. The summed E-state index contributed by atoms with van der Waals surface area (Å²) in [4.78, 5) is 28.3. The molecule has 0 radical (unpaired) electrons. The second-order valence-corrected chi connectivity index (χ2v) is 5.72. The van der Waals surface area contributed by atoms with E-state index in [9.17, 15) is 9.59 Å². The molecule has 3 rings (SSSR count). The Morgan fingerprint density at radius 2 is 2.13 bits per heavy atom. The van der Waals surface area contributed by atoms with E-state index in [1.807, 2.05) is 0 Å². The van der Waals surface area contributed by atoms with Crippen molar-refractivity contribution in [3.8, 4) is 11.5 Å². The predicted molar refractivity (Wildman–Crippen MR) is 86.7 cm³/mol. The van der Waals surface area contributed by atoms with E-state index in [1.54, 1.807) is 29.8 Å². The van der Waals surface area contributed by atoms with E-state index in [2.05, 4.69) is 4.98 Å². The molecule has 0 spiro atoms. The number of methoxy groups -OCH3 is 1. The summed E-state index contributed by atoms with van der Waals surface area (Å²) in [6.45, 7) is 1.63. The van der Waals surface area contributed by atoms with Crippen molar-refractivity contribution in [1.82, 2.24) is 9.38 Å². The van der Waals surface area contributed by atoms with Crippen LogP contribution in [0.3, 0.4) is 0 Å². The zero-order valence-corrected chi connectivity index (χ0v) is 13.4. The van der Waals surface area contributed by atoms with Gasteiger partial charge in [-0.25, -0.2) is 4.98 Å². The smallest absolute Gasteiger partial charge is 0.258 e. The topological polar surface area (TPSA) is 69.9 Å². The molecule has 118 valence electrons. The Labute approximate surface area is 135 Å². The first-order valence-corrected chi connectivity index (χ1v) is 7.74. The van der Waals surface area contributed by atoms with Crippen LogP contribution in [0.5, 0.6) is 11.5 Å². The standard InChI is InChI=1S/C16H14N2O4S/c1-10(19)11-3-4-13(14(7-11)21-2)22-9-12-8-15(20)18-5-6-23-16(18)17-12/h3-8H,9H2,1-2H3. The zero-order valence-electron chi connectivity index (χ0n) is 12.6. The predicted octanol–water partition coefficient (Wildman–Crippen LogP) is 2.55. The fourth-order valence-corrected chi connectivity index (χ4v) is 2.86. The molecule has 0 N–H and O–H groups in total. The summed E-state index contributed by atoms with van der Waals surface area (Å²) in [5, 5.41) is 1.80. The largest absolute Gasteiger partial charge is 0.493 e. The number of ketones is 1. The van der Waals surface area contributed by atoms with Gasteiger partial charge in [-0.3, -0.25) is 14.0 Å². The second kappa shape index (κ2) is 6.21. The van der Waals surface area contributed by atoms with E-state index in [-0.39, 0.29) is 17.9 Å². The van der Waals surface area contributed by atoms with E-state index in [0.29, 0.717) is 27.7 Å². The third-order valence-electron chi connectivity index (χ3n) is 3.30. The molecule has 0 unspecified atom stereocenters. The first kappa shape index (κ1) is 15.2. The average molecular weight is 330 g/mol. The third kappa shape index (κ3) is 3.09. The van der Waals surface area contributed by atoms with Gasteiger partial charge in [0.1, 0.15) is 6.61 Å². The van der Waals surface area contributed by atoms with Gasteiger partial charge in [-0.2, -0.15) is 0 Å². The van der Waals surface area contributed by atoms with Gasteiger partial charge in [0.2, 0.25) is 0 Å².